The molecule has 0 aliphatic heterocycles. The lowest BCUT2D eigenvalue weighted by Crippen LogP contribution is -2.37. The molecule has 2 aromatic rings. The number of carboxylic acid groups (broad SMARTS) is 1. The average molecular weight is 442 g/mol. The molecule has 1 aromatic heterocycles. The van der Waals surface area contributed by atoms with Gasteiger partial charge in [0.2, 0.25) is 5.91 Å². The van der Waals surface area contributed by atoms with E-state index in [1.807, 2.05) is 37.4 Å². The van der Waals surface area contributed by atoms with Gasteiger partial charge in [-0.05, 0) is 63.0 Å². The van der Waals surface area contributed by atoms with Crippen LogP contribution in [0.1, 0.15) is 47.7 Å². The standard InChI is InChI=1S/C24H27NO5S/c1-4-30-24(29)20-17(16-8-5-12(2)9-13(16)3)11-31-22(20)25-21(26)18-14-6-7-15(10-14)19(18)23(27)28/h5,8-9,11,14-15,18-19H,4,6-7,10H2,1-3H3,(H,25,26)(H,27,28)/t14-,15-,18+,19-/m0/s1. The van der Waals surface area contributed by atoms with Crippen molar-refractivity contribution in [2.24, 2.45) is 23.7 Å². The molecule has 0 saturated heterocycles. The molecule has 6 nitrogen and oxygen atoms in total. The molecule has 7 heteroatoms. The van der Waals surface area contributed by atoms with E-state index in [9.17, 15) is 19.5 Å². The molecule has 2 N–H and O–H groups in total. The van der Waals surface area contributed by atoms with E-state index in [1.54, 1.807) is 6.92 Å². The number of nitrogens with one attached hydrogen (secondary N) is 1. The minimum absolute atomic E-state index is 0.0666. The van der Waals surface area contributed by atoms with Crippen LogP contribution in [0.3, 0.4) is 0 Å². The number of thiophene rings is 1. The van der Waals surface area contributed by atoms with Gasteiger partial charge in [0.25, 0.3) is 0 Å². The predicted octanol–water partition coefficient (Wildman–Crippen LogP) is 4.89. The third kappa shape index (κ3) is 3.87. The molecule has 0 radical (unpaired) electrons. The molecule has 0 spiro atoms. The zero-order valence-corrected chi connectivity index (χ0v) is 18.8. The highest BCUT2D eigenvalue weighted by molar-refractivity contribution is 7.15. The maximum absolute atomic E-state index is 13.2. The molecule has 4 rings (SSSR count). The van der Waals surface area contributed by atoms with E-state index >= 15 is 0 Å². The molecular weight excluding hydrogens is 414 g/mol. The first-order valence-electron chi connectivity index (χ1n) is 10.7. The molecule has 31 heavy (non-hydrogen) atoms. The SMILES string of the molecule is CCOC(=O)c1c(-c2ccc(C)cc2C)csc1NC(=O)[C@@H]1[C@H]2CC[C@@H](C2)[C@@H]1C(=O)O. The number of aliphatic carboxylic acids is 1. The van der Waals surface area contributed by atoms with Gasteiger partial charge in [-0.3, -0.25) is 9.59 Å². The van der Waals surface area contributed by atoms with Crippen molar-refractivity contribution in [3.05, 3.63) is 40.3 Å². The van der Waals surface area contributed by atoms with Crippen molar-refractivity contribution in [2.45, 2.75) is 40.0 Å². The highest BCUT2D eigenvalue weighted by atomic mass is 32.1. The number of carboxylic acids is 1. The van der Waals surface area contributed by atoms with Crippen molar-refractivity contribution in [3.63, 3.8) is 0 Å². The van der Waals surface area contributed by atoms with Crippen LogP contribution < -0.4 is 5.32 Å². The average Bonchev–Trinajstić information content (AvgIpc) is 3.42. The van der Waals surface area contributed by atoms with E-state index in [-0.39, 0.29) is 24.3 Å². The third-order valence-electron chi connectivity index (χ3n) is 6.68. The number of anilines is 1. The first-order valence-corrected chi connectivity index (χ1v) is 11.6. The number of ether oxygens (including phenoxy) is 1. The Labute approximate surface area is 185 Å². The van der Waals surface area contributed by atoms with E-state index in [0.29, 0.717) is 10.6 Å². The van der Waals surface area contributed by atoms with Gasteiger partial charge in [0, 0.05) is 10.9 Å². The molecule has 2 saturated carbocycles. The molecule has 1 aromatic carbocycles. The largest absolute Gasteiger partial charge is 0.481 e. The summed E-state index contributed by atoms with van der Waals surface area (Å²) in [5.41, 5.74) is 4.12. The molecule has 164 valence electrons. The highest BCUT2D eigenvalue weighted by Crippen LogP contribution is 2.53. The van der Waals surface area contributed by atoms with E-state index < -0.39 is 23.8 Å². The summed E-state index contributed by atoms with van der Waals surface area (Å²) < 4.78 is 5.29. The molecule has 2 bridgehead atoms. The summed E-state index contributed by atoms with van der Waals surface area (Å²) in [7, 11) is 0. The van der Waals surface area contributed by atoms with E-state index in [0.717, 1.165) is 41.5 Å². The molecule has 1 amide bonds. The molecule has 4 atom stereocenters. The molecule has 1 heterocycles. The molecule has 0 unspecified atom stereocenters. The quantitative estimate of drug-likeness (QED) is 0.623. The van der Waals surface area contributed by atoms with Crippen molar-refractivity contribution >= 4 is 34.2 Å². The summed E-state index contributed by atoms with van der Waals surface area (Å²) in [4.78, 5) is 37.9. The van der Waals surface area contributed by atoms with Gasteiger partial charge in [0.05, 0.1) is 18.4 Å². The van der Waals surface area contributed by atoms with Gasteiger partial charge in [-0.25, -0.2) is 4.79 Å². The summed E-state index contributed by atoms with van der Waals surface area (Å²) >= 11 is 1.27. The number of hydrogen-bond acceptors (Lipinski definition) is 5. The number of esters is 1. The van der Waals surface area contributed by atoms with Gasteiger partial charge in [0.1, 0.15) is 10.6 Å². The normalized spacial score (nSPS) is 24.2. The Balaban J connectivity index is 1.68. The summed E-state index contributed by atoms with van der Waals surface area (Å²) in [6, 6.07) is 6.00. The number of aryl methyl sites for hydroxylation is 2. The smallest absolute Gasteiger partial charge is 0.341 e. The van der Waals surface area contributed by atoms with Crippen LogP contribution in [-0.2, 0) is 14.3 Å². The van der Waals surface area contributed by atoms with Gasteiger partial charge in [-0.15, -0.1) is 11.3 Å². The van der Waals surface area contributed by atoms with Crippen molar-refractivity contribution in [1.29, 1.82) is 0 Å². The number of benzene rings is 1. The minimum atomic E-state index is -0.903. The minimum Gasteiger partial charge on any atom is -0.481 e. The maximum atomic E-state index is 13.2. The second-order valence-corrected chi connectivity index (χ2v) is 9.48. The Kier molecular flexibility index (Phi) is 5.88. The van der Waals surface area contributed by atoms with Crippen molar-refractivity contribution < 1.29 is 24.2 Å². The number of carbonyl (C=O) groups is 3. The Bertz CT molecular complexity index is 1040. The number of amides is 1. The van der Waals surface area contributed by atoms with Crippen LogP contribution in [0.25, 0.3) is 11.1 Å². The van der Waals surface area contributed by atoms with Gasteiger partial charge >= 0.3 is 11.9 Å². The van der Waals surface area contributed by atoms with Crippen LogP contribution in [0, 0.1) is 37.5 Å². The fourth-order valence-electron chi connectivity index (χ4n) is 5.39. The van der Waals surface area contributed by atoms with Crippen LogP contribution >= 0.6 is 11.3 Å². The van der Waals surface area contributed by atoms with E-state index in [4.69, 9.17) is 4.74 Å². The van der Waals surface area contributed by atoms with Crippen LogP contribution in [0.4, 0.5) is 5.00 Å². The topological polar surface area (TPSA) is 92.7 Å². The molecule has 2 fully saturated rings. The monoisotopic (exact) mass is 441 g/mol. The summed E-state index contributed by atoms with van der Waals surface area (Å²) in [5.74, 6) is -2.75. The van der Waals surface area contributed by atoms with Crippen LogP contribution in [-0.4, -0.2) is 29.6 Å². The number of fused-ring (bicyclic) bond motifs is 2. The number of rotatable bonds is 6. The van der Waals surface area contributed by atoms with Gasteiger partial charge in [-0.1, -0.05) is 23.8 Å². The van der Waals surface area contributed by atoms with Crippen molar-refractivity contribution in [2.75, 3.05) is 11.9 Å². The maximum Gasteiger partial charge on any atom is 0.341 e. The first kappa shape index (κ1) is 21.6. The van der Waals surface area contributed by atoms with Gasteiger partial charge < -0.3 is 15.2 Å². The summed E-state index contributed by atoms with van der Waals surface area (Å²) in [5, 5.41) is 14.9. The van der Waals surface area contributed by atoms with E-state index in [1.165, 1.54) is 11.3 Å². The Morgan fingerprint density at radius 1 is 1.13 bits per heavy atom. The van der Waals surface area contributed by atoms with Gasteiger partial charge in [-0.2, -0.15) is 0 Å². The van der Waals surface area contributed by atoms with Gasteiger partial charge in [0.15, 0.2) is 0 Å². The summed E-state index contributed by atoms with van der Waals surface area (Å²) in [6.07, 6.45) is 2.54. The van der Waals surface area contributed by atoms with Crippen molar-refractivity contribution in [3.8, 4) is 11.1 Å². The fourth-order valence-corrected chi connectivity index (χ4v) is 6.34. The number of hydrogen-bond donors (Lipinski definition) is 2. The lowest BCUT2D eigenvalue weighted by molar-refractivity contribution is -0.148. The van der Waals surface area contributed by atoms with E-state index in [2.05, 4.69) is 5.32 Å². The molecular formula is C24H27NO5S. The zero-order chi connectivity index (χ0) is 22.3. The third-order valence-corrected chi connectivity index (χ3v) is 7.58. The first-order chi connectivity index (χ1) is 14.8. The lowest BCUT2D eigenvalue weighted by Gasteiger charge is -2.27. The zero-order valence-electron chi connectivity index (χ0n) is 17.9. The Morgan fingerprint density at radius 2 is 1.84 bits per heavy atom. The Morgan fingerprint density at radius 3 is 2.48 bits per heavy atom. The predicted molar refractivity (Wildman–Crippen MR) is 119 cm³/mol. The highest BCUT2D eigenvalue weighted by Gasteiger charge is 2.54. The second-order valence-electron chi connectivity index (χ2n) is 8.60. The van der Waals surface area contributed by atoms with Crippen LogP contribution in [0.5, 0.6) is 0 Å². The van der Waals surface area contributed by atoms with Crippen molar-refractivity contribution in [1.82, 2.24) is 0 Å². The number of carbonyl (C=O) groups excluding carboxylic acids is 2. The van der Waals surface area contributed by atoms with Crippen LogP contribution in [0.15, 0.2) is 23.6 Å². The lowest BCUT2D eigenvalue weighted by atomic mass is 9.78. The summed E-state index contributed by atoms with van der Waals surface area (Å²) in [6.45, 7) is 5.96. The van der Waals surface area contributed by atoms with Crippen LogP contribution in [0.2, 0.25) is 0 Å². The fraction of sp³-hybridized carbons (Fsp3) is 0.458. The molecule has 2 aliphatic carbocycles. The Hall–Kier alpha value is -2.67. The second kappa shape index (κ2) is 8.46. The molecule has 2 aliphatic rings.